The number of para-hydroxylation sites is 1. The van der Waals surface area contributed by atoms with E-state index in [1.54, 1.807) is 6.20 Å². The number of aromatic nitrogens is 1. The molecule has 3 N–H and O–H groups in total. The molecule has 3 rings (SSSR count). The molecule has 5 nitrogen and oxygen atoms in total. The molecule has 2 atom stereocenters. The number of nitrogen functional groups attached to an aromatic ring is 1. The Morgan fingerprint density at radius 2 is 2.14 bits per heavy atom. The van der Waals surface area contributed by atoms with Crippen LogP contribution in [0.3, 0.4) is 0 Å². The number of aliphatic hydroxyl groups excluding tert-OH is 1. The van der Waals surface area contributed by atoms with Crippen molar-refractivity contribution in [2.24, 2.45) is 0 Å². The molecule has 0 aliphatic carbocycles. The fourth-order valence-corrected chi connectivity index (χ4v) is 3.22. The SMILES string of the molecule is CN(C)CC1CC(O)CN1c1c(N)cnc2ccccc12. The number of hydrogen-bond acceptors (Lipinski definition) is 5. The molecular weight excluding hydrogens is 264 g/mol. The number of aliphatic hydroxyl groups is 1. The Morgan fingerprint density at radius 3 is 2.90 bits per heavy atom. The van der Waals surface area contributed by atoms with Gasteiger partial charge in [0.15, 0.2) is 0 Å². The zero-order valence-electron chi connectivity index (χ0n) is 12.5. The predicted octanol–water partition coefficient (Wildman–Crippen LogP) is 1.32. The van der Waals surface area contributed by atoms with Gasteiger partial charge in [-0.25, -0.2) is 0 Å². The molecule has 0 saturated carbocycles. The van der Waals surface area contributed by atoms with Gasteiger partial charge in [-0.05, 0) is 26.6 Å². The first-order chi connectivity index (χ1) is 10.1. The van der Waals surface area contributed by atoms with Crippen LogP contribution < -0.4 is 10.6 Å². The second-order valence-corrected chi connectivity index (χ2v) is 6.04. The highest BCUT2D eigenvalue weighted by molar-refractivity contribution is 5.97. The number of nitrogens with two attached hydrogens (primary N) is 1. The van der Waals surface area contributed by atoms with Crippen LogP contribution in [0.25, 0.3) is 10.9 Å². The maximum absolute atomic E-state index is 10.1. The van der Waals surface area contributed by atoms with E-state index < -0.39 is 0 Å². The number of hydrogen-bond donors (Lipinski definition) is 2. The van der Waals surface area contributed by atoms with Crippen molar-refractivity contribution in [3.63, 3.8) is 0 Å². The first kappa shape index (κ1) is 14.1. The van der Waals surface area contributed by atoms with Crippen LogP contribution in [-0.4, -0.2) is 54.3 Å². The van der Waals surface area contributed by atoms with Crippen LogP contribution in [0, 0.1) is 0 Å². The van der Waals surface area contributed by atoms with Crippen molar-refractivity contribution >= 4 is 22.3 Å². The summed E-state index contributed by atoms with van der Waals surface area (Å²) in [7, 11) is 4.10. The largest absolute Gasteiger partial charge is 0.396 e. The Kier molecular flexibility index (Phi) is 3.69. The summed E-state index contributed by atoms with van der Waals surface area (Å²) in [4.78, 5) is 8.78. The molecule has 1 aromatic heterocycles. The van der Waals surface area contributed by atoms with Gasteiger partial charge in [-0.1, -0.05) is 18.2 Å². The van der Waals surface area contributed by atoms with Gasteiger partial charge in [0.1, 0.15) is 0 Å². The zero-order chi connectivity index (χ0) is 15.0. The summed E-state index contributed by atoms with van der Waals surface area (Å²) in [5.74, 6) is 0. The minimum atomic E-state index is -0.304. The number of β-amino-alcohol motifs (C(OH)–C–C–N with tert-alkyl or cyclic N) is 1. The highest BCUT2D eigenvalue weighted by atomic mass is 16.3. The third-order valence-electron chi connectivity index (χ3n) is 4.03. The highest BCUT2D eigenvalue weighted by Crippen LogP contribution is 2.36. The maximum Gasteiger partial charge on any atom is 0.0745 e. The molecule has 112 valence electrons. The van der Waals surface area contributed by atoms with E-state index in [0.29, 0.717) is 12.2 Å². The van der Waals surface area contributed by atoms with Gasteiger partial charge < -0.3 is 20.6 Å². The van der Waals surface area contributed by atoms with Gasteiger partial charge in [0.05, 0.1) is 29.2 Å². The van der Waals surface area contributed by atoms with Gasteiger partial charge in [-0.2, -0.15) is 0 Å². The second-order valence-electron chi connectivity index (χ2n) is 6.04. The monoisotopic (exact) mass is 286 g/mol. The number of pyridine rings is 1. The molecule has 21 heavy (non-hydrogen) atoms. The lowest BCUT2D eigenvalue weighted by Crippen LogP contribution is -2.38. The molecule has 0 amide bonds. The summed E-state index contributed by atoms with van der Waals surface area (Å²) in [5.41, 5.74) is 8.82. The number of nitrogens with zero attached hydrogens (tertiary/aromatic N) is 3. The molecule has 0 bridgehead atoms. The molecule has 1 aromatic carbocycles. The van der Waals surface area contributed by atoms with E-state index in [1.807, 2.05) is 24.3 Å². The number of benzene rings is 1. The maximum atomic E-state index is 10.1. The molecular formula is C16H22N4O. The average Bonchev–Trinajstić information content (AvgIpc) is 2.78. The van der Waals surface area contributed by atoms with Gasteiger partial charge >= 0.3 is 0 Å². The Balaban J connectivity index is 2.07. The van der Waals surface area contributed by atoms with Crippen molar-refractivity contribution in [2.75, 3.05) is 37.8 Å². The minimum Gasteiger partial charge on any atom is -0.396 e. The number of rotatable bonds is 3. The van der Waals surface area contributed by atoms with Crippen LogP contribution >= 0.6 is 0 Å². The highest BCUT2D eigenvalue weighted by Gasteiger charge is 2.33. The van der Waals surface area contributed by atoms with Gasteiger partial charge in [0.2, 0.25) is 0 Å². The summed E-state index contributed by atoms with van der Waals surface area (Å²) in [6, 6.07) is 8.28. The van der Waals surface area contributed by atoms with Crippen molar-refractivity contribution < 1.29 is 5.11 Å². The van der Waals surface area contributed by atoms with Crippen molar-refractivity contribution in [1.82, 2.24) is 9.88 Å². The second kappa shape index (κ2) is 5.50. The topological polar surface area (TPSA) is 65.6 Å². The molecule has 1 aliphatic heterocycles. The smallest absolute Gasteiger partial charge is 0.0745 e. The molecule has 1 fully saturated rings. The molecule has 1 saturated heterocycles. The normalized spacial score (nSPS) is 22.4. The van der Waals surface area contributed by atoms with Crippen molar-refractivity contribution in [3.05, 3.63) is 30.5 Å². The lowest BCUT2D eigenvalue weighted by atomic mass is 10.1. The Morgan fingerprint density at radius 1 is 1.38 bits per heavy atom. The van der Waals surface area contributed by atoms with Gasteiger partial charge in [0.25, 0.3) is 0 Å². The Hall–Kier alpha value is -1.85. The molecule has 5 heteroatoms. The molecule has 2 aromatic rings. The number of anilines is 2. The van der Waals surface area contributed by atoms with Crippen molar-refractivity contribution in [3.8, 4) is 0 Å². The quantitative estimate of drug-likeness (QED) is 0.891. The lowest BCUT2D eigenvalue weighted by molar-refractivity contribution is 0.191. The first-order valence-corrected chi connectivity index (χ1v) is 7.29. The number of likely N-dealkylation sites (N-methyl/N-ethyl adjacent to an activating group) is 1. The van der Waals surface area contributed by atoms with E-state index in [2.05, 4.69) is 28.9 Å². The van der Waals surface area contributed by atoms with Crippen molar-refractivity contribution in [1.29, 1.82) is 0 Å². The fraction of sp³-hybridized carbons (Fsp3) is 0.438. The average molecular weight is 286 g/mol. The van der Waals surface area contributed by atoms with Crippen LogP contribution in [-0.2, 0) is 0 Å². The van der Waals surface area contributed by atoms with Gasteiger partial charge in [-0.3, -0.25) is 4.98 Å². The van der Waals surface area contributed by atoms with E-state index in [4.69, 9.17) is 5.73 Å². The fourth-order valence-electron chi connectivity index (χ4n) is 3.22. The summed E-state index contributed by atoms with van der Waals surface area (Å²) in [5, 5.41) is 11.1. The summed E-state index contributed by atoms with van der Waals surface area (Å²) < 4.78 is 0. The van der Waals surface area contributed by atoms with Crippen LogP contribution in [0.4, 0.5) is 11.4 Å². The van der Waals surface area contributed by atoms with E-state index in [0.717, 1.165) is 29.6 Å². The molecule has 2 unspecified atom stereocenters. The first-order valence-electron chi connectivity index (χ1n) is 7.29. The summed E-state index contributed by atoms with van der Waals surface area (Å²) in [6.07, 6.45) is 2.19. The molecule has 0 spiro atoms. The standard InChI is InChI=1S/C16H22N4O/c1-19(2)9-11-7-12(21)10-20(11)16-13-5-3-4-6-15(13)18-8-14(16)17/h3-6,8,11-12,21H,7,9-10,17H2,1-2H3. The molecule has 1 aliphatic rings. The Labute approximate surface area is 125 Å². The third kappa shape index (κ3) is 2.66. The summed E-state index contributed by atoms with van der Waals surface area (Å²) >= 11 is 0. The third-order valence-corrected chi connectivity index (χ3v) is 4.03. The van der Waals surface area contributed by atoms with E-state index in [-0.39, 0.29) is 12.1 Å². The number of fused-ring (bicyclic) bond motifs is 1. The van der Waals surface area contributed by atoms with E-state index >= 15 is 0 Å². The van der Waals surface area contributed by atoms with Crippen molar-refractivity contribution in [2.45, 2.75) is 18.6 Å². The van der Waals surface area contributed by atoms with Crippen LogP contribution in [0.2, 0.25) is 0 Å². The summed E-state index contributed by atoms with van der Waals surface area (Å²) in [6.45, 7) is 1.52. The van der Waals surface area contributed by atoms with Gasteiger partial charge in [-0.15, -0.1) is 0 Å². The lowest BCUT2D eigenvalue weighted by Gasteiger charge is -2.30. The van der Waals surface area contributed by atoms with E-state index in [9.17, 15) is 5.11 Å². The Bertz CT molecular complexity index is 643. The van der Waals surface area contributed by atoms with Crippen LogP contribution in [0.5, 0.6) is 0 Å². The predicted molar refractivity (Wildman–Crippen MR) is 86.5 cm³/mol. The molecule has 0 radical (unpaired) electrons. The van der Waals surface area contributed by atoms with E-state index in [1.165, 1.54) is 0 Å². The molecule has 2 heterocycles. The van der Waals surface area contributed by atoms with Gasteiger partial charge in [0, 0.05) is 24.5 Å². The van der Waals surface area contributed by atoms with Crippen LogP contribution in [0.15, 0.2) is 30.5 Å². The van der Waals surface area contributed by atoms with Crippen LogP contribution in [0.1, 0.15) is 6.42 Å². The minimum absolute atomic E-state index is 0.267. The zero-order valence-corrected chi connectivity index (χ0v) is 12.5.